The number of amides is 1. The number of phenols is 1. The van der Waals surface area contributed by atoms with Gasteiger partial charge in [0.05, 0.1) is 12.1 Å². The molecule has 1 amide bonds. The van der Waals surface area contributed by atoms with Crippen LogP contribution >= 0.6 is 0 Å². The van der Waals surface area contributed by atoms with Crippen molar-refractivity contribution in [2.45, 2.75) is 31.4 Å². The molecule has 2 rings (SSSR count). The van der Waals surface area contributed by atoms with Crippen molar-refractivity contribution in [3.8, 4) is 5.75 Å². The van der Waals surface area contributed by atoms with Gasteiger partial charge in [-0.1, -0.05) is 12.1 Å². The van der Waals surface area contributed by atoms with Crippen molar-refractivity contribution in [1.29, 1.82) is 0 Å². The number of rotatable bonds is 6. The van der Waals surface area contributed by atoms with Gasteiger partial charge in [0.2, 0.25) is 5.91 Å². The van der Waals surface area contributed by atoms with Crippen LogP contribution < -0.4 is 11.1 Å². The van der Waals surface area contributed by atoms with Crippen LogP contribution in [0.25, 0.3) is 0 Å². The Kier molecular flexibility index (Phi) is 4.39. The number of nitrogens with two attached hydrogens (primary N) is 1. The van der Waals surface area contributed by atoms with Crippen molar-refractivity contribution in [3.63, 3.8) is 0 Å². The summed E-state index contributed by atoms with van der Waals surface area (Å²) in [6.07, 6.45) is 2.03. The number of nitrogens with one attached hydrogen (secondary N) is 1. The van der Waals surface area contributed by atoms with E-state index in [2.05, 4.69) is 5.32 Å². The van der Waals surface area contributed by atoms with Gasteiger partial charge < -0.3 is 21.3 Å². The van der Waals surface area contributed by atoms with E-state index in [-0.39, 0.29) is 18.2 Å². The molecular formula is C14H20N2O3. The minimum Gasteiger partial charge on any atom is -0.508 e. The highest BCUT2D eigenvalue weighted by molar-refractivity contribution is 5.81. The molecule has 1 aliphatic carbocycles. The zero-order valence-corrected chi connectivity index (χ0v) is 10.7. The Morgan fingerprint density at radius 2 is 2.00 bits per heavy atom. The van der Waals surface area contributed by atoms with Crippen molar-refractivity contribution in [2.24, 2.45) is 11.7 Å². The summed E-state index contributed by atoms with van der Waals surface area (Å²) in [6, 6.07) is 5.97. The molecule has 1 aromatic rings. The average Bonchev–Trinajstić information content (AvgIpc) is 3.22. The molecule has 2 atom stereocenters. The Bertz CT molecular complexity index is 429. The van der Waals surface area contributed by atoms with Crippen LogP contribution in [0, 0.1) is 5.92 Å². The molecule has 5 N–H and O–H groups in total. The van der Waals surface area contributed by atoms with Crippen LogP contribution in [-0.4, -0.2) is 34.8 Å². The zero-order chi connectivity index (χ0) is 13.8. The number of phenolic OH excluding ortho intramolecular Hbond substituents is 1. The third-order valence-corrected chi connectivity index (χ3v) is 3.38. The summed E-state index contributed by atoms with van der Waals surface area (Å²) in [7, 11) is 0. The van der Waals surface area contributed by atoms with Gasteiger partial charge in [-0.15, -0.1) is 0 Å². The lowest BCUT2D eigenvalue weighted by Gasteiger charge is -2.15. The van der Waals surface area contributed by atoms with Crippen LogP contribution in [0.2, 0.25) is 0 Å². The van der Waals surface area contributed by atoms with E-state index >= 15 is 0 Å². The SMILES string of the molecule is N[C@H](Cc1ccc(O)cc1)C(=O)NCC(O)C1CC1. The highest BCUT2D eigenvalue weighted by Gasteiger charge is 2.30. The summed E-state index contributed by atoms with van der Waals surface area (Å²) in [5.41, 5.74) is 6.70. The number of aliphatic hydroxyl groups excluding tert-OH is 1. The number of carbonyl (C=O) groups is 1. The number of benzene rings is 1. The van der Waals surface area contributed by atoms with Gasteiger partial charge in [-0.25, -0.2) is 0 Å². The standard InChI is InChI=1S/C14H20N2O3/c15-12(7-9-1-5-11(17)6-2-9)14(19)16-8-13(18)10-3-4-10/h1-2,5-6,10,12-13,17-18H,3-4,7-8,15H2,(H,16,19)/t12-,13?/m1/s1. The lowest BCUT2D eigenvalue weighted by molar-refractivity contribution is -0.122. The zero-order valence-electron chi connectivity index (χ0n) is 10.7. The second-order valence-corrected chi connectivity index (χ2v) is 5.13. The van der Waals surface area contributed by atoms with Crippen molar-refractivity contribution in [1.82, 2.24) is 5.32 Å². The Morgan fingerprint density at radius 1 is 1.37 bits per heavy atom. The summed E-state index contributed by atoms with van der Waals surface area (Å²) in [6.45, 7) is 0.271. The minimum absolute atomic E-state index is 0.189. The lowest BCUT2D eigenvalue weighted by Crippen LogP contribution is -2.44. The van der Waals surface area contributed by atoms with Crippen LogP contribution in [0.15, 0.2) is 24.3 Å². The predicted octanol–water partition coefficient (Wildman–Crippen LogP) is 0.149. The van der Waals surface area contributed by atoms with Gasteiger partial charge in [0.25, 0.3) is 0 Å². The van der Waals surface area contributed by atoms with Crippen molar-refractivity contribution < 1.29 is 15.0 Å². The van der Waals surface area contributed by atoms with Gasteiger partial charge in [0, 0.05) is 6.54 Å². The molecule has 1 fully saturated rings. The van der Waals surface area contributed by atoms with E-state index < -0.39 is 12.1 Å². The Balaban J connectivity index is 1.76. The van der Waals surface area contributed by atoms with E-state index in [9.17, 15) is 9.90 Å². The quantitative estimate of drug-likeness (QED) is 0.588. The number of aliphatic hydroxyl groups is 1. The summed E-state index contributed by atoms with van der Waals surface area (Å²) in [4.78, 5) is 11.8. The fourth-order valence-electron chi connectivity index (χ4n) is 1.96. The minimum atomic E-state index is -0.643. The van der Waals surface area contributed by atoms with Gasteiger partial charge in [0.15, 0.2) is 0 Å². The number of aromatic hydroxyl groups is 1. The normalized spacial score (nSPS) is 17.8. The molecule has 5 nitrogen and oxygen atoms in total. The molecule has 0 radical (unpaired) electrons. The molecule has 1 saturated carbocycles. The molecule has 1 aliphatic rings. The summed E-state index contributed by atoms with van der Waals surface area (Å²) >= 11 is 0. The Labute approximate surface area is 112 Å². The van der Waals surface area contributed by atoms with Gasteiger partial charge >= 0.3 is 0 Å². The van der Waals surface area contributed by atoms with Gasteiger partial charge in [-0.3, -0.25) is 4.79 Å². The first-order valence-corrected chi connectivity index (χ1v) is 6.55. The maximum Gasteiger partial charge on any atom is 0.237 e. The molecule has 0 heterocycles. The van der Waals surface area contributed by atoms with Crippen LogP contribution in [0.4, 0.5) is 0 Å². The fourth-order valence-corrected chi connectivity index (χ4v) is 1.96. The number of hydrogen-bond donors (Lipinski definition) is 4. The molecule has 104 valence electrons. The van der Waals surface area contributed by atoms with E-state index in [4.69, 9.17) is 10.8 Å². The lowest BCUT2D eigenvalue weighted by atomic mass is 10.1. The van der Waals surface area contributed by atoms with Gasteiger partial charge in [-0.2, -0.15) is 0 Å². The molecule has 0 bridgehead atoms. The largest absolute Gasteiger partial charge is 0.508 e. The number of carbonyl (C=O) groups excluding carboxylic acids is 1. The molecule has 0 aliphatic heterocycles. The van der Waals surface area contributed by atoms with E-state index in [1.807, 2.05) is 0 Å². The molecule has 1 unspecified atom stereocenters. The van der Waals surface area contributed by atoms with Crippen LogP contribution in [0.1, 0.15) is 18.4 Å². The smallest absolute Gasteiger partial charge is 0.237 e. The molecule has 0 spiro atoms. The highest BCUT2D eigenvalue weighted by Crippen LogP contribution is 2.32. The third kappa shape index (κ3) is 4.22. The second kappa shape index (κ2) is 6.04. The first-order chi connectivity index (χ1) is 9.06. The first kappa shape index (κ1) is 13.8. The van der Waals surface area contributed by atoms with E-state index in [0.717, 1.165) is 18.4 Å². The predicted molar refractivity (Wildman–Crippen MR) is 71.5 cm³/mol. The molecule has 0 aromatic heterocycles. The molecule has 19 heavy (non-hydrogen) atoms. The Hall–Kier alpha value is -1.59. The van der Waals surface area contributed by atoms with E-state index in [0.29, 0.717) is 12.3 Å². The monoisotopic (exact) mass is 264 g/mol. The maximum atomic E-state index is 11.8. The van der Waals surface area contributed by atoms with Crippen LogP contribution in [0.3, 0.4) is 0 Å². The highest BCUT2D eigenvalue weighted by atomic mass is 16.3. The molecule has 1 aromatic carbocycles. The summed E-state index contributed by atoms with van der Waals surface area (Å²) < 4.78 is 0. The summed E-state index contributed by atoms with van der Waals surface area (Å²) in [5, 5.41) is 21.5. The first-order valence-electron chi connectivity index (χ1n) is 6.55. The van der Waals surface area contributed by atoms with Gasteiger partial charge in [-0.05, 0) is 42.9 Å². The summed E-state index contributed by atoms with van der Waals surface area (Å²) in [5.74, 6) is 0.274. The molecule has 0 saturated heterocycles. The van der Waals surface area contributed by atoms with Gasteiger partial charge in [0.1, 0.15) is 5.75 Å². The topological polar surface area (TPSA) is 95.6 Å². The Morgan fingerprint density at radius 3 is 2.58 bits per heavy atom. The average molecular weight is 264 g/mol. The molecular weight excluding hydrogens is 244 g/mol. The van der Waals surface area contributed by atoms with Crippen LogP contribution in [0.5, 0.6) is 5.75 Å². The van der Waals surface area contributed by atoms with E-state index in [1.54, 1.807) is 24.3 Å². The van der Waals surface area contributed by atoms with Crippen LogP contribution in [-0.2, 0) is 11.2 Å². The van der Waals surface area contributed by atoms with Crippen molar-refractivity contribution >= 4 is 5.91 Å². The number of hydrogen-bond acceptors (Lipinski definition) is 4. The molecule has 5 heteroatoms. The third-order valence-electron chi connectivity index (χ3n) is 3.38. The second-order valence-electron chi connectivity index (χ2n) is 5.13. The van der Waals surface area contributed by atoms with Crippen molar-refractivity contribution in [2.75, 3.05) is 6.54 Å². The van der Waals surface area contributed by atoms with E-state index in [1.165, 1.54) is 0 Å². The maximum absolute atomic E-state index is 11.8. The fraction of sp³-hybridized carbons (Fsp3) is 0.500. The van der Waals surface area contributed by atoms with Crippen molar-refractivity contribution in [3.05, 3.63) is 29.8 Å².